The molecule has 2 aromatic rings. The Hall–Kier alpha value is -3.45. The number of ether oxygens (including phenoxy) is 1. The molecule has 34 heavy (non-hydrogen) atoms. The molecule has 3 aliphatic rings. The van der Waals surface area contributed by atoms with E-state index in [2.05, 4.69) is 5.32 Å². The van der Waals surface area contributed by atoms with E-state index in [1.54, 1.807) is 23.1 Å². The summed E-state index contributed by atoms with van der Waals surface area (Å²) in [7, 11) is 0. The van der Waals surface area contributed by atoms with Crippen molar-refractivity contribution in [1.29, 1.82) is 0 Å². The lowest BCUT2D eigenvalue weighted by Crippen LogP contribution is -2.40. The Kier molecular flexibility index (Phi) is 5.52. The highest BCUT2D eigenvalue weighted by Gasteiger charge is 2.37. The fourth-order valence-electron chi connectivity index (χ4n) is 4.90. The summed E-state index contributed by atoms with van der Waals surface area (Å²) in [4.78, 5) is 27.6. The van der Waals surface area contributed by atoms with Crippen molar-refractivity contribution in [3.63, 3.8) is 0 Å². The molecule has 0 bridgehead atoms. The number of amides is 2. The van der Waals surface area contributed by atoms with E-state index in [-0.39, 0.29) is 24.3 Å². The maximum absolute atomic E-state index is 13.7. The SMILES string of the molecule is CC1(C)C=C(c2ccc(C(=O)N3CCCC(CO)C3)cc2)/C(=C2\C(=O)Nc3cc(F)ccc32)O1. The van der Waals surface area contributed by atoms with Crippen LogP contribution >= 0.6 is 0 Å². The number of aliphatic hydroxyl groups is 1. The second-order valence-corrected chi connectivity index (χ2v) is 9.63. The molecule has 0 aromatic heterocycles. The van der Waals surface area contributed by atoms with Gasteiger partial charge in [-0.3, -0.25) is 9.59 Å². The van der Waals surface area contributed by atoms with E-state index in [1.165, 1.54) is 12.1 Å². The van der Waals surface area contributed by atoms with Crippen LogP contribution in [0.5, 0.6) is 0 Å². The number of hydrogen-bond donors (Lipinski definition) is 2. The van der Waals surface area contributed by atoms with Crippen molar-refractivity contribution >= 4 is 28.6 Å². The van der Waals surface area contributed by atoms with Crippen LogP contribution in [0.15, 0.2) is 54.3 Å². The largest absolute Gasteiger partial charge is 0.482 e. The minimum Gasteiger partial charge on any atom is -0.482 e. The highest BCUT2D eigenvalue weighted by atomic mass is 19.1. The van der Waals surface area contributed by atoms with Crippen molar-refractivity contribution in [3.8, 4) is 0 Å². The Morgan fingerprint density at radius 2 is 2.00 bits per heavy atom. The Morgan fingerprint density at radius 1 is 1.24 bits per heavy atom. The van der Waals surface area contributed by atoms with E-state index in [0.29, 0.717) is 41.2 Å². The zero-order chi connectivity index (χ0) is 24.0. The molecule has 1 atom stereocenters. The van der Waals surface area contributed by atoms with E-state index in [4.69, 9.17) is 4.74 Å². The lowest BCUT2D eigenvalue weighted by Gasteiger charge is -2.32. The van der Waals surface area contributed by atoms with Gasteiger partial charge in [0.1, 0.15) is 17.2 Å². The number of rotatable bonds is 3. The lowest BCUT2D eigenvalue weighted by atomic mass is 9.95. The molecule has 0 radical (unpaired) electrons. The van der Waals surface area contributed by atoms with Crippen LogP contribution in [-0.2, 0) is 9.53 Å². The van der Waals surface area contributed by atoms with Gasteiger partial charge in [-0.15, -0.1) is 0 Å². The third-order valence-corrected chi connectivity index (χ3v) is 6.56. The van der Waals surface area contributed by atoms with Crippen molar-refractivity contribution in [2.24, 2.45) is 5.92 Å². The highest BCUT2D eigenvalue weighted by Crippen LogP contribution is 2.45. The average Bonchev–Trinajstić information content (AvgIpc) is 3.32. The zero-order valence-corrected chi connectivity index (χ0v) is 19.2. The normalized spacial score (nSPS) is 23.3. The summed E-state index contributed by atoms with van der Waals surface area (Å²) < 4.78 is 19.9. The number of nitrogens with one attached hydrogen (secondary N) is 1. The summed E-state index contributed by atoms with van der Waals surface area (Å²) in [6.07, 6.45) is 3.78. The van der Waals surface area contributed by atoms with Gasteiger partial charge < -0.3 is 20.1 Å². The summed E-state index contributed by atoms with van der Waals surface area (Å²) >= 11 is 0. The molecule has 176 valence electrons. The van der Waals surface area contributed by atoms with Gasteiger partial charge in [-0.1, -0.05) is 12.1 Å². The maximum atomic E-state index is 13.7. The molecule has 7 heteroatoms. The minimum atomic E-state index is -0.637. The lowest BCUT2D eigenvalue weighted by molar-refractivity contribution is -0.111. The Balaban J connectivity index is 1.48. The predicted molar refractivity (Wildman–Crippen MR) is 127 cm³/mol. The first-order valence-electron chi connectivity index (χ1n) is 11.5. The van der Waals surface area contributed by atoms with Crippen molar-refractivity contribution in [2.45, 2.75) is 32.3 Å². The van der Waals surface area contributed by atoms with Crippen LogP contribution in [0.2, 0.25) is 0 Å². The number of halogens is 1. The van der Waals surface area contributed by atoms with Crippen molar-refractivity contribution in [1.82, 2.24) is 4.90 Å². The molecule has 3 heterocycles. The smallest absolute Gasteiger partial charge is 0.260 e. The molecule has 1 unspecified atom stereocenters. The number of carbonyl (C=O) groups excluding carboxylic acids is 2. The van der Waals surface area contributed by atoms with Gasteiger partial charge in [0.05, 0.1) is 11.3 Å². The number of aliphatic hydroxyl groups excluding tert-OH is 1. The summed E-state index contributed by atoms with van der Waals surface area (Å²) in [5, 5.41) is 12.2. The number of anilines is 1. The van der Waals surface area contributed by atoms with E-state index in [0.717, 1.165) is 24.0 Å². The van der Waals surface area contributed by atoms with Gasteiger partial charge in [0.15, 0.2) is 0 Å². The molecule has 1 fully saturated rings. The number of fused-ring (bicyclic) bond motifs is 1. The van der Waals surface area contributed by atoms with Crippen LogP contribution in [0.4, 0.5) is 10.1 Å². The molecule has 0 aliphatic carbocycles. The van der Waals surface area contributed by atoms with Gasteiger partial charge in [0.25, 0.3) is 11.8 Å². The maximum Gasteiger partial charge on any atom is 0.260 e. The van der Waals surface area contributed by atoms with E-state index < -0.39 is 11.4 Å². The standard InChI is InChI=1S/C27H27FN2O4/c1-27(2)13-21(24(34-27)23-20-10-9-19(28)12-22(20)29-25(23)32)17-5-7-18(8-6-17)26(33)30-11-3-4-16(14-30)15-31/h5-10,12-13,16,31H,3-4,11,14-15H2,1-2H3,(H,29,32)/b24-23+. The first-order valence-corrected chi connectivity index (χ1v) is 11.5. The molecule has 2 N–H and O–H groups in total. The fraction of sp³-hybridized carbons (Fsp3) is 0.333. The van der Waals surface area contributed by atoms with Gasteiger partial charge in [0, 0.05) is 36.4 Å². The van der Waals surface area contributed by atoms with Gasteiger partial charge in [-0.25, -0.2) is 4.39 Å². The van der Waals surface area contributed by atoms with Crippen molar-refractivity contribution < 1.29 is 23.8 Å². The summed E-state index contributed by atoms with van der Waals surface area (Å²) in [5.74, 6) is -0.245. The zero-order valence-electron chi connectivity index (χ0n) is 19.2. The molecule has 2 amide bonds. The minimum absolute atomic E-state index is 0.0496. The average molecular weight is 463 g/mol. The monoisotopic (exact) mass is 462 g/mol. The molecular formula is C27H27FN2O4. The Morgan fingerprint density at radius 3 is 2.74 bits per heavy atom. The second kappa shape index (κ2) is 8.40. The number of piperidine rings is 1. The number of carbonyl (C=O) groups is 2. The van der Waals surface area contributed by atoms with Crippen LogP contribution < -0.4 is 5.32 Å². The van der Waals surface area contributed by atoms with Crippen molar-refractivity contribution in [2.75, 3.05) is 25.0 Å². The quantitative estimate of drug-likeness (QED) is 0.670. The first kappa shape index (κ1) is 22.3. The second-order valence-electron chi connectivity index (χ2n) is 9.63. The summed E-state index contributed by atoms with van der Waals surface area (Å²) in [5.41, 5.74) is 2.90. The third kappa shape index (κ3) is 4.01. The van der Waals surface area contributed by atoms with Gasteiger partial charge in [0.2, 0.25) is 0 Å². The van der Waals surface area contributed by atoms with Gasteiger partial charge >= 0.3 is 0 Å². The van der Waals surface area contributed by atoms with Gasteiger partial charge in [-0.2, -0.15) is 0 Å². The van der Waals surface area contributed by atoms with Crippen LogP contribution in [-0.4, -0.2) is 47.1 Å². The number of likely N-dealkylation sites (tertiary alicyclic amines) is 1. The van der Waals surface area contributed by atoms with E-state index >= 15 is 0 Å². The van der Waals surface area contributed by atoms with Gasteiger partial charge in [-0.05, 0) is 74.6 Å². The molecule has 6 nitrogen and oxygen atoms in total. The number of hydrogen-bond acceptors (Lipinski definition) is 4. The summed E-state index contributed by atoms with van der Waals surface area (Å²) in [6, 6.07) is 11.5. The highest BCUT2D eigenvalue weighted by molar-refractivity contribution is 6.33. The van der Waals surface area contributed by atoms with Crippen LogP contribution in [0.3, 0.4) is 0 Å². The number of nitrogens with zero attached hydrogens (tertiary/aromatic N) is 1. The van der Waals surface area contributed by atoms with Crippen molar-refractivity contribution in [3.05, 3.63) is 76.8 Å². The first-order chi connectivity index (χ1) is 16.3. The fourth-order valence-corrected chi connectivity index (χ4v) is 4.90. The predicted octanol–water partition coefficient (Wildman–Crippen LogP) is 4.23. The third-order valence-electron chi connectivity index (χ3n) is 6.56. The Bertz CT molecular complexity index is 1230. The number of allylic oxidation sites excluding steroid dienone is 1. The molecule has 1 saturated heterocycles. The van der Waals surface area contributed by atoms with E-state index in [9.17, 15) is 19.1 Å². The Labute approximate surface area is 197 Å². The molecular weight excluding hydrogens is 435 g/mol. The molecule has 0 saturated carbocycles. The molecule has 2 aromatic carbocycles. The van der Waals surface area contributed by atoms with Crippen LogP contribution in [0.1, 0.15) is 48.2 Å². The molecule has 0 spiro atoms. The molecule has 3 aliphatic heterocycles. The topological polar surface area (TPSA) is 78.9 Å². The van der Waals surface area contributed by atoms with E-state index in [1.807, 2.05) is 32.1 Å². The van der Waals surface area contributed by atoms with Crippen LogP contribution in [0.25, 0.3) is 11.1 Å². The summed E-state index contributed by atoms with van der Waals surface area (Å²) in [6.45, 7) is 5.16. The number of benzene rings is 2. The molecule has 5 rings (SSSR count). The van der Waals surface area contributed by atoms with Crippen LogP contribution in [0, 0.1) is 11.7 Å².